The van der Waals surface area contributed by atoms with Crippen LogP contribution in [0.5, 0.6) is 0 Å². The highest BCUT2D eigenvalue weighted by Crippen LogP contribution is 2.46. The molecule has 3 aliphatic heterocycles. The lowest BCUT2D eigenvalue weighted by atomic mass is 9.81. The molecule has 8 heteroatoms. The Hall–Kier alpha value is -1.93. The van der Waals surface area contributed by atoms with Crippen LogP contribution in [0.4, 0.5) is 0 Å². The molecule has 0 saturated carbocycles. The Morgan fingerprint density at radius 3 is 2.31 bits per heavy atom. The summed E-state index contributed by atoms with van der Waals surface area (Å²) < 4.78 is 30.3. The molecule has 3 saturated heterocycles. The van der Waals surface area contributed by atoms with Crippen molar-refractivity contribution in [3.8, 4) is 0 Å². The molecule has 0 aromatic heterocycles. The second-order valence-corrected chi connectivity index (χ2v) is 10.7. The van der Waals surface area contributed by atoms with Crippen molar-refractivity contribution < 1.29 is 22.7 Å². The highest BCUT2D eigenvalue weighted by molar-refractivity contribution is 7.93. The molecule has 158 valence electrons. The van der Waals surface area contributed by atoms with E-state index in [1.165, 1.54) is 0 Å². The van der Waals surface area contributed by atoms with Gasteiger partial charge in [0.25, 0.3) is 0 Å². The SMILES string of the molecule is O=C(Cc1ccccc1)N1CCC2(CC1)C(C(=O)N1CCOCC1)CCS2(=O)=O. The largest absolute Gasteiger partial charge is 0.378 e. The number of carbonyl (C=O) groups excluding carboxylic acids is 2. The van der Waals surface area contributed by atoms with Gasteiger partial charge < -0.3 is 14.5 Å². The number of piperidine rings is 1. The van der Waals surface area contributed by atoms with Crippen LogP contribution in [0.25, 0.3) is 0 Å². The quantitative estimate of drug-likeness (QED) is 0.725. The van der Waals surface area contributed by atoms with Gasteiger partial charge in [-0.3, -0.25) is 9.59 Å². The first-order valence-electron chi connectivity index (χ1n) is 10.3. The van der Waals surface area contributed by atoms with Gasteiger partial charge in [0, 0.05) is 26.2 Å². The second-order valence-electron chi connectivity index (χ2n) is 8.21. The van der Waals surface area contributed by atoms with E-state index in [4.69, 9.17) is 4.74 Å². The van der Waals surface area contributed by atoms with E-state index in [1.54, 1.807) is 9.80 Å². The molecule has 1 unspecified atom stereocenters. The third-order valence-electron chi connectivity index (χ3n) is 6.71. The standard InChI is InChI=1S/C21H28N2O5S/c24-19(16-17-4-2-1-3-5-17)22-9-7-21(8-10-22)18(6-15-29(21,26)27)20(25)23-11-13-28-14-12-23/h1-5,18H,6-16H2. The summed E-state index contributed by atoms with van der Waals surface area (Å²) in [5.74, 6) is -0.487. The minimum absolute atomic E-state index is 0.0116. The molecule has 4 rings (SSSR count). The van der Waals surface area contributed by atoms with E-state index < -0.39 is 20.5 Å². The summed E-state index contributed by atoms with van der Waals surface area (Å²) >= 11 is 0. The molecule has 3 heterocycles. The van der Waals surface area contributed by atoms with E-state index in [0.717, 1.165) is 5.56 Å². The van der Waals surface area contributed by atoms with Gasteiger partial charge in [0.2, 0.25) is 11.8 Å². The second kappa shape index (κ2) is 8.07. The Labute approximate surface area is 171 Å². The molecule has 29 heavy (non-hydrogen) atoms. The molecule has 0 bridgehead atoms. The van der Waals surface area contributed by atoms with Crippen LogP contribution in [-0.4, -0.2) is 79.9 Å². The topological polar surface area (TPSA) is 84.0 Å². The predicted molar refractivity (Wildman–Crippen MR) is 108 cm³/mol. The molecular weight excluding hydrogens is 392 g/mol. The third kappa shape index (κ3) is 3.80. The van der Waals surface area contributed by atoms with E-state index in [1.807, 2.05) is 30.3 Å². The average Bonchev–Trinajstić information content (AvgIpc) is 2.99. The Morgan fingerprint density at radius 1 is 1.00 bits per heavy atom. The first-order chi connectivity index (χ1) is 13.9. The monoisotopic (exact) mass is 420 g/mol. The van der Waals surface area contributed by atoms with Gasteiger partial charge in [-0.05, 0) is 24.8 Å². The van der Waals surface area contributed by atoms with E-state index in [-0.39, 0.29) is 17.6 Å². The normalized spacial score (nSPS) is 25.9. The summed E-state index contributed by atoms with van der Waals surface area (Å²) in [7, 11) is -3.37. The number of morpholine rings is 1. The van der Waals surface area contributed by atoms with E-state index in [2.05, 4.69) is 0 Å². The number of benzene rings is 1. The lowest BCUT2D eigenvalue weighted by Gasteiger charge is -2.43. The number of rotatable bonds is 3. The Bertz CT molecular complexity index is 856. The molecule has 3 aliphatic rings. The number of nitrogens with zero attached hydrogens (tertiary/aromatic N) is 2. The van der Waals surface area contributed by atoms with Gasteiger partial charge in [0.1, 0.15) is 0 Å². The van der Waals surface area contributed by atoms with Crippen molar-refractivity contribution in [1.29, 1.82) is 0 Å². The highest BCUT2D eigenvalue weighted by Gasteiger charge is 2.59. The molecule has 1 aromatic carbocycles. The highest BCUT2D eigenvalue weighted by atomic mass is 32.2. The average molecular weight is 421 g/mol. The lowest BCUT2D eigenvalue weighted by Crippen LogP contribution is -2.56. The van der Waals surface area contributed by atoms with Crippen molar-refractivity contribution in [3.05, 3.63) is 35.9 Å². The third-order valence-corrected chi connectivity index (χ3v) is 9.42. The first kappa shape index (κ1) is 20.3. The molecule has 1 spiro atoms. The Kier molecular flexibility index (Phi) is 5.66. The van der Waals surface area contributed by atoms with E-state index in [9.17, 15) is 18.0 Å². The van der Waals surface area contributed by atoms with Crippen LogP contribution >= 0.6 is 0 Å². The predicted octanol–water partition coefficient (Wildman–Crippen LogP) is 0.884. The summed E-state index contributed by atoms with van der Waals surface area (Å²) in [5.41, 5.74) is 0.951. The van der Waals surface area contributed by atoms with Crippen LogP contribution in [0.1, 0.15) is 24.8 Å². The number of sulfone groups is 1. The van der Waals surface area contributed by atoms with Gasteiger partial charge in [-0.25, -0.2) is 8.42 Å². The number of hydrogen-bond acceptors (Lipinski definition) is 5. The van der Waals surface area contributed by atoms with Gasteiger partial charge >= 0.3 is 0 Å². The van der Waals surface area contributed by atoms with Crippen LogP contribution in [0.15, 0.2) is 30.3 Å². The van der Waals surface area contributed by atoms with Crippen molar-refractivity contribution in [3.63, 3.8) is 0 Å². The van der Waals surface area contributed by atoms with Crippen molar-refractivity contribution in [1.82, 2.24) is 9.80 Å². The van der Waals surface area contributed by atoms with Gasteiger partial charge in [-0.2, -0.15) is 0 Å². The van der Waals surface area contributed by atoms with Gasteiger partial charge in [0.05, 0.1) is 36.1 Å². The molecule has 2 amide bonds. The maximum atomic E-state index is 13.1. The van der Waals surface area contributed by atoms with E-state index in [0.29, 0.717) is 65.1 Å². The molecule has 0 aliphatic carbocycles. The van der Waals surface area contributed by atoms with Gasteiger partial charge in [0.15, 0.2) is 9.84 Å². The summed E-state index contributed by atoms with van der Waals surface area (Å²) in [6.07, 6.45) is 1.39. The smallest absolute Gasteiger partial charge is 0.227 e. The molecular formula is C21H28N2O5S. The fourth-order valence-electron chi connectivity index (χ4n) is 4.99. The number of amides is 2. The zero-order valence-corrected chi connectivity index (χ0v) is 17.4. The van der Waals surface area contributed by atoms with Crippen molar-refractivity contribution in [2.24, 2.45) is 5.92 Å². The minimum atomic E-state index is -3.37. The number of hydrogen-bond donors (Lipinski definition) is 0. The first-order valence-corrected chi connectivity index (χ1v) is 12.0. The van der Waals surface area contributed by atoms with Crippen LogP contribution in [-0.2, 0) is 30.6 Å². The zero-order valence-electron chi connectivity index (χ0n) is 16.6. The lowest BCUT2D eigenvalue weighted by molar-refractivity contribution is -0.141. The number of ether oxygens (including phenoxy) is 1. The maximum absolute atomic E-state index is 13.1. The van der Waals surface area contributed by atoms with Crippen molar-refractivity contribution >= 4 is 21.7 Å². The Balaban J connectivity index is 1.46. The zero-order chi connectivity index (χ0) is 20.5. The molecule has 1 aromatic rings. The maximum Gasteiger partial charge on any atom is 0.227 e. The summed E-state index contributed by atoms with van der Waals surface area (Å²) in [6, 6.07) is 9.56. The summed E-state index contributed by atoms with van der Waals surface area (Å²) in [6.45, 7) is 2.82. The van der Waals surface area contributed by atoms with Crippen LogP contribution in [0.3, 0.4) is 0 Å². The van der Waals surface area contributed by atoms with Gasteiger partial charge in [-0.1, -0.05) is 30.3 Å². The van der Waals surface area contributed by atoms with Crippen LogP contribution < -0.4 is 0 Å². The fraction of sp³-hybridized carbons (Fsp3) is 0.619. The number of carbonyl (C=O) groups is 2. The number of likely N-dealkylation sites (tertiary alicyclic amines) is 1. The van der Waals surface area contributed by atoms with Crippen molar-refractivity contribution in [2.45, 2.75) is 30.4 Å². The molecule has 1 atom stereocenters. The molecule has 0 N–H and O–H groups in total. The molecule has 0 radical (unpaired) electrons. The van der Waals surface area contributed by atoms with Crippen molar-refractivity contribution in [2.75, 3.05) is 45.1 Å². The fourth-order valence-corrected chi connectivity index (χ4v) is 7.39. The summed E-state index contributed by atoms with van der Waals surface area (Å²) in [5, 5.41) is 0. The van der Waals surface area contributed by atoms with Crippen LogP contribution in [0, 0.1) is 5.92 Å². The molecule has 3 fully saturated rings. The Morgan fingerprint density at radius 2 is 1.66 bits per heavy atom. The van der Waals surface area contributed by atoms with Crippen LogP contribution in [0.2, 0.25) is 0 Å². The van der Waals surface area contributed by atoms with E-state index >= 15 is 0 Å². The minimum Gasteiger partial charge on any atom is -0.378 e. The van der Waals surface area contributed by atoms with Gasteiger partial charge in [-0.15, -0.1) is 0 Å². The molecule has 7 nitrogen and oxygen atoms in total. The summed E-state index contributed by atoms with van der Waals surface area (Å²) in [4.78, 5) is 29.3.